The average Bonchev–Trinajstić information content (AvgIpc) is 2.96. The van der Waals surface area contributed by atoms with Crippen LogP contribution >= 0.6 is 0 Å². The predicted octanol–water partition coefficient (Wildman–Crippen LogP) is 4.05. The van der Waals surface area contributed by atoms with Crippen LogP contribution in [0, 0.1) is 5.82 Å². The van der Waals surface area contributed by atoms with Gasteiger partial charge in [-0.3, -0.25) is 4.79 Å². The summed E-state index contributed by atoms with van der Waals surface area (Å²) in [5.74, 6) is -0.379. The summed E-state index contributed by atoms with van der Waals surface area (Å²) in [6.07, 6.45) is 2.34. The first-order chi connectivity index (χ1) is 11.1. The van der Waals surface area contributed by atoms with E-state index < -0.39 is 0 Å². The molecule has 1 heterocycles. The van der Waals surface area contributed by atoms with E-state index >= 15 is 0 Å². The molecule has 1 atom stereocenters. The maximum atomic E-state index is 13.7. The van der Waals surface area contributed by atoms with Crippen LogP contribution in [0.25, 0.3) is 10.9 Å². The number of aromatic nitrogens is 1. The summed E-state index contributed by atoms with van der Waals surface area (Å²) in [5.41, 5.74) is 1.62. The van der Waals surface area contributed by atoms with E-state index in [0.29, 0.717) is 18.5 Å². The molecule has 3 rings (SSSR count). The summed E-state index contributed by atoms with van der Waals surface area (Å²) in [7, 11) is 0. The molecule has 3 nitrogen and oxygen atoms in total. The van der Waals surface area contributed by atoms with E-state index in [4.69, 9.17) is 0 Å². The summed E-state index contributed by atoms with van der Waals surface area (Å²) in [4.78, 5) is 12.1. The van der Waals surface area contributed by atoms with Gasteiger partial charge in [0.05, 0.1) is 6.04 Å². The number of nitrogens with zero attached hydrogens (tertiary/aromatic N) is 1. The Balaban J connectivity index is 1.61. The summed E-state index contributed by atoms with van der Waals surface area (Å²) < 4.78 is 15.8. The van der Waals surface area contributed by atoms with E-state index in [1.165, 1.54) is 6.07 Å². The topological polar surface area (TPSA) is 34.0 Å². The number of benzene rings is 2. The summed E-state index contributed by atoms with van der Waals surface area (Å²) in [6.45, 7) is 2.39. The molecule has 0 radical (unpaired) electrons. The second kappa shape index (κ2) is 6.65. The van der Waals surface area contributed by atoms with Crippen molar-refractivity contribution < 1.29 is 9.18 Å². The van der Waals surface area contributed by atoms with Crippen molar-refractivity contribution in [2.45, 2.75) is 25.9 Å². The highest BCUT2D eigenvalue weighted by Crippen LogP contribution is 2.17. The minimum absolute atomic E-state index is 0.0847. The Hall–Kier alpha value is -2.62. The van der Waals surface area contributed by atoms with E-state index in [1.807, 2.05) is 36.5 Å². The first kappa shape index (κ1) is 15.3. The second-order valence-corrected chi connectivity index (χ2v) is 5.63. The number of rotatable bonds is 5. The van der Waals surface area contributed by atoms with Crippen LogP contribution in [0.4, 0.5) is 4.39 Å². The van der Waals surface area contributed by atoms with Crippen LogP contribution < -0.4 is 5.32 Å². The first-order valence-electron chi connectivity index (χ1n) is 7.73. The van der Waals surface area contributed by atoms with Gasteiger partial charge in [0.15, 0.2) is 0 Å². The molecule has 2 aromatic carbocycles. The quantitative estimate of drug-likeness (QED) is 0.758. The summed E-state index contributed by atoms with van der Waals surface area (Å²) in [5, 5.41) is 4.02. The van der Waals surface area contributed by atoms with Gasteiger partial charge in [0, 0.05) is 30.2 Å². The van der Waals surface area contributed by atoms with Gasteiger partial charge < -0.3 is 9.88 Å². The lowest BCUT2D eigenvalue weighted by molar-refractivity contribution is -0.121. The number of halogens is 1. The second-order valence-electron chi connectivity index (χ2n) is 5.63. The number of carbonyl (C=O) groups is 1. The first-order valence-corrected chi connectivity index (χ1v) is 7.73. The molecule has 0 spiro atoms. The molecule has 118 valence electrons. The third-order valence-corrected chi connectivity index (χ3v) is 4.01. The number of amides is 1. The fourth-order valence-corrected chi connectivity index (χ4v) is 2.78. The fourth-order valence-electron chi connectivity index (χ4n) is 2.78. The normalized spacial score (nSPS) is 12.3. The van der Waals surface area contributed by atoms with E-state index in [2.05, 4.69) is 9.88 Å². The molecule has 0 aliphatic carbocycles. The van der Waals surface area contributed by atoms with Crippen molar-refractivity contribution in [1.82, 2.24) is 9.88 Å². The zero-order valence-electron chi connectivity index (χ0n) is 13.0. The Labute approximate surface area is 134 Å². The molecule has 0 bridgehead atoms. The Kier molecular flexibility index (Phi) is 4.42. The minimum Gasteiger partial charge on any atom is -0.349 e. The smallest absolute Gasteiger partial charge is 0.222 e. The van der Waals surface area contributed by atoms with Crippen LogP contribution in [0.1, 0.15) is 24.9 Å². The van der Waals surface area contributed by atoms with Crippen molar-refractivity contribution in [3.63, 3.8) is 0 Å². The van der Waals surface area contributed by atoms with Gasteiger partial charge in [-0.05, 0) is 30.5 Å². The number of para-hydroxylation sites is 1. The highest BCUT2D eigenvalue weighted by molar-refractivity contribution is 5.80. The number of hydrogen-bond acceptors (Lipinski definition) is 1. The van der Waals surface area contributed by atoms with Gasteiger partial charge >= 0.3 is 0 Å². The molecule has 1 aromatic heterocycles. The number of nitrogens with one attached hydrogen (secondary N) is 1. The molecule has 0 fully saturated rings. The highest BCUT2D eigenvalue weighted by atomic mass is 19.1. The largest absolute Gasteiger partial charge is 0.349 e. The van der Waals surface area contributed by atoms with Crippen molar-refractivity contribution in [3.8, 4) is 0 Å². The van der Waals surface area contributed by atoms with Crippen molar-refractivity contribution in [3.05, 3.63) is 72.2 Å². The molecule has 0 unspecified atom stereocenters. The number of aryl methyl sites for hydroxylation is 1. The van der Waals surface area contributed by atoms with Crippen LogP contribution in [0.5, 0.6) is 0 Å². The number of hydrogen-bond donors (Lipinski definition) is 1. The molecule has 23 heavy (non-hydrogen) atoms. The zero-order valence-corrected chi connectivity index (χ0v) is 13.0. The van der Waals surface area contributed by atoms with Crippen molar-refractivity contribution in [2.75, 3.05) is 0 Å². The summed E-state index contributed by atoms with van der Waals surface area (Å²) in [6, 6.07) is 16.3. The molecule has 3 aromatic rings. The monoisotopic (exact) mass is 310 g/mol. The van der Waals surface area contributed by atoms with E-state index in [1.54, 1.807) is 25.1 Å². The molecule has 0 saturated carbocycles. The van der Waals surface area contributed by atoms with Crippen LogP contribution in [-0.4, -0.2) is 10.5 Å². The highest BCUT2D eigenvalue weighted by Gasteiger charge is 2.13. The number of fused-ring (bicyclic) bond motifs is 1. The Morgan fingerprint density at radius 2 is 1.87 bits per heavy atom. The number of carbonyl (C=O) groups excluding carboxylic acids is 1. The maximum Gasteiger partial charge on any atom is 0.222 e. The maximum absolute atomic E-state index is 13.7. The molecule has 0 aliphatic heterocycles. The van der Waals surface area contributed by atoms with Gasteiger partial charge in [-0.2, -0.15) is 0 Å². The van der Waals surface area contributed by atoms with Gasteiger partial charge in [-0.1, -0.05) is 36.4 Å². The molecule has 0 aliphatic rings. The SMILES string of the molecule is C[C@@H](NC(=O)CCn1ccc2ccccc21)c1ccccc1F. The van der Waals surface area contributed by atoms with Gasteiger partial charge in [0.2, 0.25) is 5.91 Å². The summed E-state index contributed by atoms with van der Waals surface area (Å²) >= 11 is 0. The Morgan fingerprint density at radius 1 is 1.13 bits per heavy atom. The lowest BCUT2D eigenvalue weighted by Gasteiger charge is -2.15. The van der Waals surface area contributed by atoms with Gasteiger partial charge in [-0.15, -0.1) is 0 Å². The van der Waals surface area contributed by atoms with Gasteiger partial charge in [0.25, 0.3) is 0 Å². The standard InChI is InChI=1S/C19H19FN2O/c1-14(16-7-3-4-8-17(16)20)21-19(23)11-13-22-12-10-15-6-2-5-9-18(15)22/h2-10,12,14H,11,13H2,1H3,(H,21,23)/t14-/m1/s1. The van der Waals surface area contributed by atoms with Crippen LogP contribution in [0.3, 0.4) is 0 Å². The third kappa shape index (κ3) is 3.42. The van der Waals surface area contributed by atoms with E-state index in [-0.39, 0.29) is 17.8 Å². The molecule has 1 amide bonds. The minimum atomic E-state index is -0.342. The van der Waals surface area contributed by atoms with Gasteiger partial charge in [0.1, 0.15) is 5.82 Å². The molecule has 1 N–H and O–H groups in total. The van der Waals surface area contributed by atoms with Crippen molar-refractivity contribution in [2.24, 2.45) is 0 Å². The predicted molar refractivity (Wildman–Crippen MR) is 89.5 cm³/mol. The average molecular weight is 310 g/mol. The lowest BCUT2D eigenvalue weighted by Crippen LogP contribution is -2.27. The molecule has 4 heteroatoms. The van der Waals surface area contributed by atoms with Crippen LogP contribution in [-0.2, 0) is 11.3 Å². The van der Waals surface area contributed by atoms with Crippen LogP contribution in [0.15, 0.2) is 60.8 Å². The molecule has 0 saturated heterocycles. The molecular weight excluding hydrogens is 291 g/mol. The van der Waals surface area contributed by atoms with Crippen molar-refractivity contribution in [1.29, 1.82) is 0 Å². The van der Waals surface area contributed by atoms with Gasteiger partial charge in [-0.25, -0.2) is 4.39 Å². The Bertz CT molecular complexity index is 825. The third-order valence-electron chi connectivity index (χ3n) is 4.01. The molecular formula is C19H19FN2O. The van der Waals surface area contributed by atoms with Crippen LogP contribution in [0.2, 0.25) is 0 Å². The lowest BCUT2D eigenvalue weighted by atomic mass is 10.1. The van der Waals surface area contributed by atoms with Crippen molar-refractivity contribution >= 4 is 16.8 Å². The van der Waals surface area contributed by atoms with E-state index in [9.17, 15) is 9.18 Å². The Morgan fingerprint density at radius 3 is 2.70 bits per heavy atom. The zero-order chi connectivity index (χ0) is 16.2. The van der Waals surface area contributed by atoms with E-state index in [0.717, 1.165) is 10.9 Å². The fraction of sp³-hybridized carbons (Fsp3) is 0.211.